The molecular weight excluding hydrogens is 346 g/mol. The van der Waals surface area contributed by atoms with Crippen LogP contribution in [0, 0.1) is 11.8 Å². The fraction of sp³-hybridized carbons (Fsp3) is 0.650. The molecule has 0 bridgehead atoms. The van der Waals surface area contributed by atoms with Gasteiger partial charge in [-0.15, -0.1) is 11.3 Å². The van der Waals surface area contributed by atoms with E-state index in [-0.39, 0.29) is 18.0 Å². The lowest BCUT2D eigenvalue weighted by atomic mass is 9.89. The normalized spacial score (nSPS) is 20.9. The molecule has 0 aromatic carbocycles. The van der Waals surface area contributed by atoms with Gasteiger partial charge in [-0.05, 0) is 49.5 Å². The summed E-state index contributed by atoms with van der Waals surface area (Å²) in [5, 5.41) is 3.76. The Bertz CT molecular complexity index is 864. The van der Waals surface area contributed by atoms with Crippen molar-refractivity contribution in [2.24, 2.45) is 11.8 Å². The maximum absolute atomic E-state index is 12.9. The molecule has 26 heavy (non-hydrogen) atoms. The van der Waals surface area contributed by atoms with Crippen LogP contribution >= 0.6 is 11.3 Å². The minimum absolute atomic E-state index is 0.0603. The fourth-order valence-corrected chi connectivity index (χ4v) is 5.68. The first kappa shape index (κ1) is 17.7. The zero-order valence-corrected chi connectivity index (χ0v) is 16.2. The molecule has 2 aliphatic rings. The van der Waals surface area contributed by atoms with E-state index in [1.165, 1.54) is 53.4 Å². The Labute approximate surface area is 157 Å². The second kappa shape index (κ2) is 7.51. The van der Waals surface area contributed by atoms with Gasteiger partial charge in [-0.1, -0.05) is 26.2 Å². The van der Waals surface area contributed by atoms with Crippen molar-refractivity contribution in [3.8, 4) is 0 Å². The smallest absolute Gasteiger partial charge is 0.262 e. The van der Waals surface area contributed by atoms with Gasteiger partial charge in [0.25, 0.3) is 5.56 Å². The fourth-order valence-electron chi connectivity index (χ4n) is 4.34. The number of aromatic nitrogens is 2. The van der Waals surface area contributed by atoms with Gasteiger partial charge in [0, 0.05) is 11.4 Å². The van der Waals surface area contributed by atoms with Crippen LogP contribution in [0.25, 0.3) is 10.2 Å². The van der Waals surface area contributed by atoms with Crippen LogP contribution in [0.1, 0.15) is 55.9 Å². The number of nitrogens with zero attached hydrogens (tertiary/aromatic N) is 2. The van der Waals surface area contributed by atoms with Gasteiger partial charge in [0.2, 0.25) is 5.91 Å². The molecule has 140 valence electrons. The van der Waals surface area contributed by atoms with E-state index < -0.39 is 0 Å². The second-order valence-corrected chi connectivity index (χ2v) is 9.10. The van der Waals surface area contributed by atoms with Crippen LogP contribution in [0.2, 0.25) is 0 Å². The van der Waals surface area contributed by atoms with E-state index >= 15 is 0 Å². The van der Waals surface area contributed by atoms with Crippen molar-refractivity contribution in [2.75, 3.05) is 6.54 Å². The number of aryl methyl sites for hydroxylation is 1. The van der Waals surface area contributed by atoms with Crippen LogP contribution in [0.3, 0.4) is 0 Å². The van der Waals surface area contributed by atoms with Gasteiger partial charge < -0.3 is 5.32 Å². The Kier molecular flexibility index (Phi) is 5.11. The van der Waals surface area contributed by atoms with Crippen LogP contribution in [0.5, 0.6) is 0 Å². The van der Waals surface area contributed by atoms with E-state index in [0.29, 0.717) is 11.8 Å². The van der Waals surface area contributed by atoms with Gasteiger partial charge >= 0.3 is 0 Å². The Morgan fingerprint density at radius 1 is 1.31 bits per heavy atom. The van der Waals surface area contributed by atoms with E-state index in [1.54, 1.807) is 11.3 Å². The summed E-state index contributed by atoms with van der Waals surface area (Å²) in [7, 11) is 0. The average molecular weight is 374 g/mol. The molecule has 5 nitrogen and oxygen atoms in total. The van der Waals surface area contributed by atoms with Crippen molar-refractivity contribution < 1.29 is 4.79 Å². The van der Waals surface area contributed by atoms with Gasteiger partial charge in [-0.2, -0.15) is 0 Å². The molecule has 1 fully saturated rings. The first-order valence-corrected chi connectivity index (χ1v) is 10.7. The highest BCUT2D eigenvalue weighted by molar-refractivity contribution is 7.18. The van der Waals surface area contributed by atoms with Crippen LogP contribution in [-0.2, 0) is 24.2 Å². The second-order valence-electron chi connectivity index (χ2n) is 8.02. The highest BCUT2D eigenvalue weighted by Crippen LogP contribution is 2.35. The lowest BCUT2D eigenvalue weighted by molar-refractivity contribution is -0.121. The highest BCUT2D eigenvalue weighted by atomic mass is 32.1. The number of rotatable bonds is 4. The molecule has 0 saturated heterocycles. The first-order chi connectivity index (χ1) is 12.6. The predicted molar refractivity (Wildman–Crippen MR) is 105 cm³/mol. The maximum Gasteiger partial charge on any atom is 0.262 e. The molecule has 0 spiro atoms. The number of nitrogens with one attached hydrogen (secondary N) is 1. The third-order valence-corrected chi connectivity index (χ3v) is 7.07. The van der Waals surface area contributed by atoms with E-state index in [4.69, 9.17) is 0 Å². The maximum atomic E-state index is 12.9. The molecule has 2 heterocycles. The molecule has 2 aromatic heterocycles. The topological polar surface area (TPSA) is 64.0 Å². The predicted octanol–water partition coefficient (Wildman–Crippen LogP) is 3.28. The Hall–Kier alpha value is -1.69. The van der Waals surface area contributed by atoms with E-state index in [2.05, 4.69) is 17.2 Å². The summed E-state index contributed by atoms with van der Waals surface area (Å²) in [5.74, 6) is 1.18. The summed E-state index contributed by atoms with van der Waals surface area (Å²) in [6, 6.07) is 0. The molecule has 2 aromatic rings. The Morgan fingerprint density at radius 3 is 2.92 bits per heavy atom. The van der Waals surface area contributed by atoms with Crippen LogP contribution in [0.15, 0.2) is 11.1 Å². The number of hydrogen-bond acceptors (Lipinski definition) is 4. The summed E-state index contributed by atoms with van der Waals surface area (Å²) < 4.78 is 1.48. The number of carbonyl (C=O) groups excluding carboxylic acids is 1. The van der Waals surface area contributed by atoms with E-state index in [9.17, 15) is 9.59 Å². The Morgan fingerprint density at radius 2 is 2.12 bits per heavy atom. The summed E-state index contributed by atoms with van der Waals surface area (Å²) in [4.78, 5) is 31.9. The molecule has 2 aliphatic carbocycles. The number of amides is 1. The number of thiophene rings is 1. The van der Waals surface area contributed by atoms with E-state index in [0.717, 1.165) is 36.0 Å². The van der Waals surface area contributed by atoms with E-state index in [1.807, 2.05) is 0 Å². The van der Waals surface area contributed by atoms with Crippen LogP contribution < -0.4 is 10.9 Å². The van der Waals surface area contributed by atoms with Gasteiger partial charge in [0.05, 0.1) is 11.7 Å². The summed E-state index contributed by atoms with van der Waals surface area (Å²) in [6.07, 6.45) is 10.9. The molecule has 0 radical (unpaired) electrons. The van der Waals surface area contributed by atoms with Crippen molar-refractivity contribution in [2.45, 2.75) is 64.8 Å². The van der Waals surface area contributed by atoms with Gasteiger partial charge in [0.15, 0.2) is 0 Å². The van der Waals surface area contributed by atoms with Crippen LogP contribution in [0.4, 0.5) is 0 Å². The monoisotopic (exact) mass is 373 g/mol. The van der Waals surface area contributed by atoms with Crippen molar-refractivity contribution in [3.63, 3.8) is 0 Å². The molecule has 1 amide bonds. The van der Waals surface area contributed by atoms with Crippen molar-refractivity contribution in [1.29, 1.82) is 0 Å². The molecule has 0 aliphatic heterocycles. The average Bonchev–Trinajstić information content (AvgIpc) is 3.01. The molecule has 1 atom stereocenters. The Balaban J connectivity index is 1.49. The van der Waals surface area contributed by atoms with Crippen LogP contribution in [-0.4, -0.2) is 22.0 Å². The number of fused-ring (bicyclic) bond motifs is 3. The summed E-state index contributed by atoms with van der Waals surface area (Å²) in [6.45, 7) is 3.06. The minimum atomic E-state index is -0.0865. The zero-order chi connectivity index (χ0) is 18.1. The minimum Gasteiger partial charge on any atom is -0.354 e. The van der Waals surface area contributed by atoms with Gasteiger partial charge in [-0.3, -0.25) is 14.2 Å². The van der Waals surface area contributed by atoms with Crippen molar-refractivity contribution in [1.82, 2.24) is 14.9 Å². The third kappa shape index (κ3) is 3.56. The molecule has 1 unspecified atom stereocenters. The molecule has 1 N–H and O–H groups in total. The molecular formula is C20H27N3O2S. The molecule has 4 rings (SSSR count). The largest absolute Gasteiger partial charge is 0.354 e. The molecule has 6 heteroatoms. The summed E-state index contributed by atoms with van der Waals surface area (Å²) >= 11 is 1.65. The number of carbonyl (C=O) groups is 1. The van der Waals surface area contributed by atoms with Crippen molar-refractivity contribution >= 4 is 27.5 Å². The van der Waals surface area contributed by atoms with Gasteiger partial charge in [-0.25, -0.2) is 4.98 Å². The first-order valence-electron chi connectivity index (χ1n) is 9.88. The van der Waals surface area contributed by atoms with Gasteiger partial charge in [0.1, 0.15) is 11.4 Å². The lowest BCUT2D eigenvalue weighted by Crippen LogP contribution is -2.35. The quantitative estimate of drug-likeness (QED) is 0.894. The lowest BCUT2D eigenvalue weighted by Gasteiger charge is -2.21. The standard InChI is InChI=1S/C20H27N3O2S/c1-13-7-8-15-16(9-13)26-19-18(15)20(25)23(12-22-19)11-17(24)21-10-14-5-3-2-4-6-14/h12-14H,2-11H2,1H3,(H,21,24). The number of hydrogen-bond donors (Lipinski definition) is 1. The summed E-state index contributed by atoms with van der Waals surface area (Å²) in [5.41, 5.74) is 1.12. The molecule has 1 saturated carbocycles. The highest BCUT2D eigenvalue weighted by Gasteiger charge is 2.23. The third-order valence-electron chi connectivity index (χ3n) is 5.91. The zero-order valence-electron chi connectivity index (χ0n) is 15.4. The SMILES string of the molecule is CC1CCc2c(sc3ncn(CC(=O)NCC4CCCCC4)c(=O)c23)C1. The van der Waals surface area contributed by atoms with Crippen molar-refractivity contribution in [3.05, 3.63) is 27.1 Å².